The van der Waals surface area contributed by atoms with E-state index in [4.69, 9.17) is 0 Å². The fourth-order valence-corrected chi connectivity index (χ4v) is 6.10. The molecule has 1 amide bonds. The van der Waals surface area contributed by atoms with Gasteiger partial charge in [-0.1, -0.05) is 6.07 Å². The molecule has 2 fully saturated rings. The monoisotopic (exact) mass is 343 g/mol. The third-order valence-electron chi connectivity index (χ3n) is 4.41. The Bertz CT molecular complexity index is 642. The first kappa shape index (κ1) is 15.9. The second kappa shape index (κ2) is 5.92. The molecule has 1 aromatic heterocycles. The Morgan fingerprint density at radius 3 is 2.77 bits per heavy atom. The average Bonchev–Trinajstić information content (AvgIpc) is 3.12. The van der Waals surface area contributed by atoms with Gasteiger partial charge in [-0.3, -0.25) is 4.79 Å². The predicted molar refractivity (Wildman–Crippen MR) is 85.3 cm³/mol. The summed E-state index contributed by atoms with van der Waals surface area (Å²) in [7, 11) is 0.480. The zero-order valence-electron chi connectivity index (χ0n) is 12.8. The van der Waals surface area contributed by atoms with Crippen molar-refractivity contribution >= 4 is 27.3 Å². The first-order chi connectivity index (χ1) is 10.4. The van der Waals surface area contributed by atoms with Gasteiger partial charge in [-0.15, -0.1) is 11.3 Å². The standard InChI is InChI=1S/C14H21N3O3S2/c1-15(2)7-8-16-11-5-6-17(12(11)10-13(16)18)22(19,20)14-4-3-9-21-14/h3-4,9,11-12H,5-8,10H2,1-2H3. The SMILES string of the molecule is CN(C)CCN1C(=O)CC2C1CCN2S(=O)(=O)c1cccs1. The summed E-state index contributed by atoms with van der Waals surface area (Å²) in [6.45, 7) is 1.97. The van der Waals surface area contributed by atoms with Crippen LogP contribution in [0.4, 0.5) is 0 Å². The molecule has 2 unspecified atom stereocenters. The number of rotatable bonds is 5. The summed E-state index contributed by atoms with van der Waals surface area (Å²) in [4.78, 5) is 16.2. The van der Waals surface area contributed by atoms with Crippen molar-refractivity contribution in [2.24, 2.45) is 0 Å². The Kier molecular flexibility index (Phi) is 4.28. The normalized spacial score (nSPS) is 26.1. The van der Waals surface area contributed by atoms with E-state index in [1.807, 2.05) is 23.9 Å². The van der Waals surface area contributed by atoms with E-state index in [1.165, 1.54) is 15.6 Å². The van der Waals surface area contributed by atoms with Gasteiger partial charge in [0.05, 0.1) is 12.1 Å². The van der Waals surface area contributed by atoms with Crippen LogP contribution in [-0.2, 0) is 14.8 Å². The van der Waals surface area contributed by atoms with Gasteiger partial charge in [0.2, 0.25) is 5.91 Å². The van der Waals surface area contributed by atoms with Crippen LogP contribution in [0.2, 0.25) is 0 Å². The minimum atomic E-state index is -3.47. The summed E-state index contributed by atoms with van der Waals surface area (Å²) in [5.74, 6) is 0.0722. The maximum Gasteiger partial charge on any atom is 0.252 e. The predicted octanol–water partition coefficient (Wildman–Crippen LogP) is 0.674. The first-order valence-corrected chi connectivity index (χ1v) is 9.73. The lowest BCUT2D eigenvalue weighted by molar-refractivity contribution is -0.129. The quantitative estimate of drug-likeness (QED) is 0.789. The molecule has 3 heterocycles. The van der Waals surface area contributed by atoms with Crippen LogP contribution < -0.4 is 0 Å². The number of hydrogen-bond donors (Lipinski definition) is 0. The van der Waals surface area contributed by atoms with Crippen molar-refractivity contribution in [2.45, 2.75) is 29.1 Å². The van der Waals surface area contributed by atoms with E-state index >= 15 is 0 Å². The molecule has 3 rings (SSSR count). The van der Waals surface area contributed by atoms with Gasteiger partial charge in [0.25, 0.3) is 10.0 Å². The molecule has 122 valence electrons. The number of amides is 1. The molecule has 8 heteroatoms. The van der Waals surface area contributed by atoms with E-state index in [0.29, 0.717) is 23.7 Å². The third kappa shape index (κ3) is 2.68. The highest BCUT2D eigenvalue weighted by Crippen LogP contribution is 2.36. The molecule has 0 aliphatic carbocycles. The zero-order valence-corrected chi connectivity index (χ0v) is 14.4. The summed E-state index contributed by atoms with van der Waals surface area (Å²) in [6, 6.07) is 3.20. The molecule has 0 radical (unpaired) electrons. The second-order valence-electron chi connectivity index (χ2n) is 6.07. The van der Waals surface area contributed by atoms with Crippen LogP contribution >= 0.6 is 11.3 Å². The Labute approximate surface area is 135 Å². The van der Waals surface area contributed by atoms with Crippen LogP contribution in [0, 0.1) is 0 Å². The van der Waals surface area contributed by atoms with E-state index in [0.717, 1.165) is 13.0 Å². The minimum absolute atomic E-state index is 0.0298. The smallest absolute Gasteiger partial charge is 0.252 e. The van der Waals surface area contributed by atoms with Gasteiger partial charge < -0.3 is 9.80 Å². The van der Waals surface area contributed by atoms with Crippen LogP contribution in [0.1, 0.15) is 12.8 Å². The van der Waals surface area contributed by atoms with E-state index in [1.54, 1.807) is 17.5 Å². The first-order valence-electron chi connectivity index (χ1n) is 7.41. The van der Waals surface area contributed by atoms with Gasteiger partial charge in [-0.25, -0.2) is 8.42 Å². The van der Waals surface area contributed by atoms with Crippen molar-refractivity contribution in [1.29, 1.82) is 0 Å². The van der Waals surface area contributed by atoms with Crippen LogP contribution in [0.5, 0.6) is 0 Å². The maximum atomic E-state index is 12.7. The molecule has 2 saturated heterocycles. The number of thiophene rings is 1. The van der Waals surface area contributed by atoms with E-state index in [9.17, 15) is 13.2 Å². The number of carbonyl (C=O) groups is 1. The van der Waals surface area contributed by atoms with Crippen molar-refractivity contribution in [3.63, 3.8) is 0 Å². The van der Waals surface area contributed by atoms with Crippen LogP contribution in [0.25, 0.3) is 0 Å². The lowest BCUT2D eigenvalue weighted by Crippen LogP contribution is -2.41. The number of likely N-dealkylation sites (N-methyl/N-ethyl adjacent to an activating group) is 1. The second-order valence-corrected chi connectivity index (χ2v) is 9.13. The Hall–Kier alpha value is -0.960. The Balaban J connectivity index is 1.78. The van der Waals surface area contributed by atoms with Crippen molar-refractivity contribution in [3.8, 4) is 0 Å². The Morgan fingerprint density at radius 1 is 1.36 bits per heavy atom. The molecule has 0 saturated carbocycles. The van der Waals surface area contributed by atoms with Crippen molar-refractivity contribution < 1.29 is 13.2 Å². The molecule has 2 aliphatic rings. The number of hydrogen-bond acceptors (Lipinski definition) is 5. The van der Waals surface area contributed by atoms with Gasteiger partial charge in [0.1, 0.15) is 4.21 Å². The third-order valence-corrected chi connectivity index (χ3v) is 7.71. The zero-order chi connectivity index (χ0) is 15.9. The molecular weight excluding hydrogens is 322 g/mol. The van der Waals surface area contributed by atoms with Gasteiger partial charge >= 0.3 is 0 Å². The van der Waals surface area contributed by atoms with Crippen LogP contribution in [0.3, 0.4) is 0 Å². The molecule has 22 heavy (non-hydrogen) atoms. The minimum Gasteiger partial charge on any atom is -0.337 e. The Morgan fingerprint density at radius 2 is 2.14 bits per heavy atom. The van der Waals surface area contributed by atoms with Gasteiger partial charge in [0, 0.05) is 26.1 Å². The van der Waals surface area contributed by atoms with Crippen LogP contribution in [0.15, 0.2) is 21.7 Å². The molecule has 2 atom stereocenters. The number of nitrogens with zero attached hydrogens (tertiary/aromatic N) is 3. The molecular formula is C14H21N3O3S2. The fraction of sp³-hybridized carbons (Fsp3) is 0.643. The highest BCUT2D eigenvalue weighted by Gasteiger charge is 2.50. The maximum absolute atomic E-state index is 12.7. The summed E-state index contributed by atoms with van der Waals surface area (Å²) in [5, 5.41) is 1.77. The largest absolute Gasteiger partial charge is 0.337 e. The number of carbonyl (C=O) groups excluding carboxylic acids is 1. The topological polar surface area (TPSA) is 60.9 Å². The molecule has 0 N–H and O–H groups in total. The fourth-order valence-electron chi connectivity index (χ4n) is 3.31. The number of fused-ring (bicyclic) bond motifs is 1. The summed E-state index contributed by atoms with van der Waals surface area (Å²) >= 11 is 1.23. The summed E-state index contributed by atoms with van der Waals surface area (Å²) < 4.78 is 27.3. The number of likely N-dealkylation sites (tertiary alicyclic amines) is 1. The summed E-state index contributed by atoms with van der Waals surface area (Å²) in [5.41, 5.74) is 0. The van der Waals surface area contributed by atoms with Crippen LogP contribution in [-0.4, -0.2) is 74.2 Å². The van der Waals surface area contributed by atoms with Gasteiger partial charge in [-0.05, 0) is 32.0 Å². The highest BCUT2D eigenvalue weighted by molar-refractivity contribution is 7.91. The van der Waals surface area contributed by atoms with Crippen molar-refractivity contribution in [3.05, 3.63) is 17.5 Å². The van der Waals surface area contributed by atoms with Crippen molar-refractivity contribution in [2.75, 3.05) is 33.7 Å². The molecule has 0 bridgehead atoms. The van der Waals surface area contributed by atoms with E-state index in [2.05, 4.69) is 0 Å². The molecule has 0 spiro atoms. The van der Waals surface area contributed by atoms with Crippen molar-refractivity contribution in [1.82, 2.24) is 14.1 Å². The molecule has 6 nitrogen and oxygen atoms in total. The highest BCUT2D eigenvalue weighted by atomic mass is 32.2. The van der Waals surface area contributed by atoms with Gasteiger partial charge in [0.15, 0.2) is 0 Å². The van der Waals surface area contributed by atoms with E-state index in [-0.39, 0.29) is 18.0 Å². The molecule has 1 aromatic rings. The molecule has 0 aromatic carbocycles. The summed E-state index contributed by atoms with van der Waals surface area (Å²) in [6.07, 6.45) is 1.04. The van der Waals surface area contributed by atoms with E-state index < -0.39 is 10.0 Å². The lowest BCUT2D eigenvalue weighted by Gasteiger charge is -2.26. The molecule has 2 aliphatic heterocycles. The van der Waals surface area contributed by atoms with Gasteiger partial charge in [-0.2, -0.15) is 4.31 Å². The lowest BCUT2D eigenvalue weighted by atomic mass is 10.1. The average molecular weight is 343 g/mol. The number of sulfonamides is 1.